The highest BCUT2D eigenvalue weighted by atomic mass is 35.5. The van der Waals surface area contributed by atoms with E-state index in [4.69, 9.17) is 21.1 Å². The van der Waals surface area contributed by atoms with Crippen LogP contribution in [0.2, 0.25) is 5.02 Å². The number of aryl methyl sites for hydroxylation is 1. The molecule has 0 atom stereocenters. The summed E-state index contributed by atoms with van der Waals surface area (Å²) in [6.07, 6.45) is 0. The van der Waals surface area contributed by atoms with Gasteiger partial charge in [0, 0.05) is 0 Å². The molecule has 7 nitrogen and oxygen atoms in total. The lowest BCUT2D eigenvalue weighted by atomic mass is 10.2. The summed E-state index contributed by atoms with van der Waals surface area (Å²) in [5, 5.41) is 3.17. The van der Waals surface area contributed by atoms with E-state index >= 15 is 0 Å². The normalized spacial score (nSPS) is 11.0. The van der Waals surface area contributed by atoms with Crippen LogP contribution in [0.4, 0.5) is 5.69 Å². The molecule has 0 radical (unpaired) electrons. The molecule has 0 spiro atoms. The van der Waals surface area contributed by atoms with Gasteiger partial charge < -0.3 is 14.8 Å². The van der Waals surface area contributed by atoms with E-state index in [2.05, 4.69) is 5.32 Å². The fourth-order valence-corrected chi connectivity index (χ4v) is 4.74. The molecule has 34 heavy (non-hydrogen) atoms. The highest BCUT2D eigenvalue weighted by Gasteiger charge is 2.27. The summed E-state index contributed by atoms with van der Waals surface area (Å²) in [6.45, 7) is 4.22. The van der Waals surface area contributed by atoms with Crippen LogP contribution in [0.25, 0.3) is 0 Å². The lowest BCUT2D eigenvalue weighted by Gasteiger charge is -2.24. The minimum atomic E-state index is -4.00. The number of rotatable bonds is 11. The zero-order chi connectivity index (χ0) is 24.6. The topological polar surface area (TPSA) is 84.9 Å². The van der Waals surface area contributed by atoms with Gasteiger partial charge in [0.1, 0.15) is 24.7 Å². The Balaban J connectivity index is 1.72. The van der Waals surface area contributed by atoms with Gasteiger partial charge in [-0.25, -0.2) is 8.42 Å². The molecular formula is C25H27ClN2O5S. The zero-order valence-corrected chi connectivity index (χ0v) is 20.6. The number of carbonyl (C=O) groups excluding carboxylic acids is 1. The van der Waals surface area contributed by atoms with Crippen molar-refractivity contribution in [1.29, 1.82) is 0 Å². The smallest absolute Gasteiger partial charge is 0.264 e. The summed E-state index contributed by atoms with van der Waals surface area (Å²) in [6, 6.07) is 20.1. The Morgan fingerprint density at radius 1 is 0.971 bits per heavy atom. The van der Waals surface area contributed by atoms with Gasteiger partial charge in [0.15, 0.2) is 0 Å². The van der Waals surface area contributed by atoms with E-state index in [-0.39, 0.29) is 24.6 Å². The highest BCUT2D eigenvalue weighted by molar-refractivity contribution is 7.92. The quantitative estimate of drug-likeness (QED) is 0.392. The van der Waals surface area contributed by atoms with E-state index in [1.165, 1.54) is 12.1 Å². The highest BCUT2D eigenvalue weighted by Crippen LogP contribution is 2.26. The van der Waals surface area contributed by atoms with Gasteiger partial charge >= 0.3 is 0 Å². The number of sulfonamides is 1. The average Bonchev–Trinajstić information content (AvgIpc) is 2.82. The SMILES string of the molecule is CCOc1ccc(S(=O)(=O)N(CC(=O)NCCOc2ccccc2Cl)c2ccc(C)cc2)cc1. The van der Waals surface area contributed by atoms with E-state index in [0.717, 1.165) is 9.87 Å². The van der Waals surface area contributed by atoms with Crippen LogP contribution in [0.3, 0.4) is 0 Å². The lowest BCUT2D eigenvalue weighted by Crippen LogP contribution is -2.41. The second kappa shape index (κ2) is 11.8. The monoisotopic (exact) mass is 502 g/mol. The summed E-state index contributed by atoms with van der Waals surface area (Å²) in [5.74, 6) is 0.621. The molecule has 0 fully saturated rings. The molecule has 0 aliphatic rings. The number of anilines is 1. The summed E-state index contributed by atoms with van der Waals surface area (Å²) in [5.41, 5.74) is 1.37. The molecule has 3 aromatic rings. The minimum Gasteiger partial charge on any atom is -0.494 e. The van der Waals surface area contributed by atoms with Crippen molar-refractivity contribution < 1.29 is 22.7 Å². The Kier molecular flexibility index (Phi) is 8.79. The van der Waals surface area contributed by atoms with E-state index in [0.29, 0.717) is 28.8 Å². The largest absolute Gasteiger partial charge is 0.494 e. The van der Waals surface area contributed by atoms with Crippen LogP contribution in [0.1, 0.15) is 12.5 Å². The van der Waals surface area contributed by atoms with Crippen LogP contribution < -0.4 is 19.1 Å². The number of hydrogen-bond acceptors (Lipinski definition) is 5. The van der Waals surface area contributed by atoms with Gasteiger partial charge in [-0.1, -0.05) is 41.4 Å². The number of carbonyl (C=O) groups is 1. The number of nitrogens with one attached hydrogen (secondary N) is 1. The molecule has 9 heteroatoms. The van der Waals surface area contributed by atoms with Crippen molar-refractivity contribution >= 4 is 33.2 Å². The number of amides is 1. The first-order chi connectivity index (χ1) is 16.3. The Morgan fingerprint density at radius 2 is 1.65 bits per heavy atom. The maximum atomic E-state index is 13.4. The van der Waals surface area contributed by atoms with Gasteiger partial charge in [0.2, 0.25) is 5.91 Å². The number of benzene rings is 3. The number of nitrogens with zero attached hydrogens (tertiary/aromatic N) is 1. The van der Waals surface area contributed by atoms with Gasteiger partial charge in [-0.05, 0) is 62.4 Å². The van der Waals surface area contributed by atoms with Crippen molar-refractivity contribution in [3.05, 3.63) is 83.4 Å². The maximum Gasteiger partial charge on any atom is 0.264 e. The van der Waals surface area contributed by atoms with Crippen LogP contribution in [-0.2, 0) is 14.8 Å². The number of halogens is 1. The molecule has 1 amide bonds. The standard InChI is InChI=1S/C25H27ClN2O5S/c1-3-32-21-12-14-22(15-13-21)34(30,31)28(20-10-8-19(2)9-11-20)18-25(29)27-16-17-33-24-7-5-4-6-23(24)26/h4-15H,3,16-18H2,1-2H3,(H,27,29). The van der Waals surface area contributed by atoms with Crippen molar-refractivity contribution in [3.8, 4) is 11.5 Å². The van der Waals surface area contributed by atoms with E-state index in [9.17, 15) is 13.2 Å². The molecule has 3 rings (SSSR count). The summed E-state index contributed by atoms with van der Waals surface area (Å²) < 4.78 is 38.9. The molecule has 0 heterocycles. The molecule has 180 valence electrons. The van der Waals surface area contributed by atoms with Crippen LogP contribution in [-0.4, -0.2) is 40.6 Å². The summed E-state index contributed by atoms with van der Waals surface area (Å²) in [4.78, 5) is 12.7. The van der Waals surface area contributed by atoms with Crippen molar-refractivity contribution in [2.24, 2.45) is 0 Å². The molecule has 0 aromatic heterocycles. The van der Waals surface area contributed by atoms with Gasteiger partial charge in [0.05, 0.1) is 28.8 Å². The average molecular weight is 503 g/mol. The molecule has 0 saturated carbocycles. The van der Waals surface area contributed by atoms with Crippen molar-refractivity contribution in [2.75, 3.05) is 30.6 Å². The van der Waals surface area contributed by atoms with Crippen LogP contribution in [0.5, 0.6) is 11.5 Å². The summed E-state index contributed by atoms with van der Waals surface area (Å²) in [7, 11) is -4.00. The first-order valence-corrected chi connectivity index (χ1v) is 12.6. The predicted octanol–water partition coefficient (Wildman–Crippen LogP) is 4.44. The fourth-order valence-electron chi connectivity index (χ4n) is 3.13. The molecular weight excluding hydrogens is 476 g/mol. The van der Waals surface area contributed by atoms with Gasteiger partial charge in [-0.2, -0.15) is 0 Å². The first kappa shape index (κ1) is 25.4. The first-order valence-electron chi connectivity index (χ1n) is 10.8. The second-order valence-electron chi connectivity index (χ2n) is 7.38. The Morgan fingerprint density at radius 3 is 2.29 bits per heavy atom. The fraction of sp³-hybridized carbons (Fsp3) is 0.240. The maximum absolute atomic E-state index is 13.4. The lowest BCUT2D eigenvalue weighted by molar-refractivity contribution is -0.119. The number of hydrogen-bond donors (Lipinski definition) is 1. The van der Waals surface area contributed by atoms with Gasteiger partial charge in [-0.15, -0.1) is 0 Å². The molecule has 0 saturated heterocycles. The molecule has 0 aliphatic carbocycles. The van der Waals surface area contributed by atoms with Gasteiger partial charge in [-0.3, -0.25) is 9.10 Å². The Hall–Kier alpha value is -3.23. The minimum absolute atomic E-state index is 0.0615. The van der Waals surface area contributed by atoms with Crippen LogP contribution >= 0.6 is 11.6 Å². The second-order valence-corrected chi connectivity index (χ2v) is 9.65. The third kappa shape index (κ3) is 6.65. The Labute approximate surface area is 205 Å². The van der Waals surface area contributed by atoms with E-state index in [1.807, 2.05) is 13.8 Å². The van der Waals surface area contributed by atoms with Crippen LogP contribution in [0.15, 0.2) is 77.7 Å². The third-order valence-corrected chi connectivity index (χ3v) is 6.95. The molecule has 3 aromatic carbocycles. The Bertz CT molecular complexity index is 1200. The molecule has 0 unspecified atom stereocenters. The van der Waals surface area contributed by atoms with Gasteiger partial charge in [0.25, 0.3) is 10.0 Å². The third-order valence-electron chi connectivity index (χ3n) is 4.85. The zero-order valence-electron chi connectivity index (χ0n) is 19.0. The van der Waals surface area contributed by atoms with Crippen molar-refractivity contribution in [1.82, 2.24) is 5.32 Å². The predicted molar refractivity (Wildman–Crippen MR) is 133 cm³/mol. The molecule has 1 N–H and O–H groups in total. The van der Waals surface area contributed by atoms with Crippen molar-refractivity contribution in [3.63, 3.8) is 0 Å². The van der Waals surface area contributed by atoms with E-state index < -0.39 is 15.9 Å². The number of para-hydroxylation sites is 1. The molecule has 0 aliphatic heterocycles. The van der Waals surface area contributed by atoms with Crippen molar-refractivity contribution in [2.45, 2.75) is 18.7 Å². The van der Waals surface area contributed by atoms with Crippen LogP contribution in [0, 0.1) is 6.92 Å². The summed E-state index contributed by atoms with van der Waals surface area (Å²) >= 11 is 6.06. The molecule has 0 bridgehead atoms. The van der Waals surface area contributed by atoms with E-state index in [1.54, 1.807) is 60.7 Å². The number of ether oxygens (including phenoxy) is 2.